The highest BCUT2D eigenvalue weighted by molar-refractivity contribution is 7.53. The van der Waals surface area contributed by atoms with E-state index in [1.165, 1.54) is 7.11 Å². The molecule has 0 spiro atoms. The molecule has 0 radical (unpaired) electrons. The van der Waals surface area contributed by atoms with Gasteiger partial charge in [0.05, 0.1) is 39.0 Å². The molecular weight excluding hydrogens is 235 g/mol. The van der Waals surface area contributed by atoms with E-state index < -0.39 is 19.7 Å². The Kier molecular flexibility index (Phi) is 7.58. The number of ether oxygens (including phenoxy) is 1. The van der Waals surface area contributed by atoms with E-state index >= 15 is 0 Å². The first-order valence-corrected chi connectivity index (χ1v) is 6.83. The van der Waals surface area contributed by atoms with Gasteiger partial charge in [-0.25, -0.2) is 0 Å². The zero-order valence-corrected chi connectivity index (χ0v) is 10.7. The first-order chi connectivity index (χ1) is 7.47. The van der Waals surface area contributed by atoms with Crippen LogP contribution in [-0.2, 0) is 23.1 Å². The number of aliphatic hydroxyl groups is 1. The van der Waals surface area contributed by atoms with Crippen molar-refractivity contribution < 1.29 is 28.3 Å². The minimum Gasteiger partial charge on any atom is -0.469 e. The first kappa shape index (κ1) is 15.6. The molecule has 0 amide bonds. The molecule has 1 unspecified atom stereocenters. The SMILES string of the molecule is CCOP(=O)(CC(O)CC(=O)OC)OCC. The number of rotatable bonds is 8. The Balaban J connectivity index is 4.28. The number of aliphatic hydroxyl groups excluding tert-OH is 1. The lowest BCUT2D eigenvalue weighted by molar-refractivity contribution is -0.142. The molecule has 1 N–H and O–H groups in total. The number of methoxy groups -OCH3 is 1. The quantitative estimate of drug-likeness (QED) is 0.517. The van der Waals surface area contributed by atoms with Crippen LogP contribution in [0.5, 0.6) is 0 Å². The van der Waals surface area contributed by atoms with Crippen molar-refractivity contribution in [2.24, 2.45) is 0 Å². The van der Waals surface area contributed by atoms with Gasteiger partial charge in [-0.15, -0.1) is 0 Å². The van der Waals surface area contributed by atoms with Crippen LogP contribution in [0.2, 0.25) is 0 Å². The fourth-order valence-corrected chi connectivity index (χ4v) is 2.85. The molecule has 0 aliphatic carbocycles. The number of carbonyl (C=O) groups is 1. The Morgan fingerprint density at radius 3 is 2.19 bits per heavy atom. The zero-order valence-electron chi connectivity index (χ0n) is 9.84. The molecule has 0 bridgehead atoms. The highest BCUT2D eigenvalue weighted by Gasteiger charge is 2.28. The summed E-state index contributed by atoms with van der Waals surface area (Å²) in [6.07, 6.45) is -1.51. The van der Waals surface area contributed by atoms with E-state index in [9.17, 15) is 14.5 Å². The van der Waals surface area contributed by atoms with Crippen LogP contribution < -0.4 is 0 Å². The van der Waals surface area contributed by atoms with E-state index in [1.54, 1.807) is 13.8 Å². The van der Waals surface area contributed by atoms with Gasteiger partial charge in [-0.1, -0.05) is 0 Å². The summed E-state index contributed by atoms with van der Waals surface area (Å²) in [5.41, 5.74) is 0. The largest absolute Gasteiger partial charge is 0.469 e. The average Bonchev–Trinajstić information content (AvgIpc) is 2.17. The van der Waals surface area contributed by atoms with Gasteiger partial charge in [-0.05, 0) is 13.8 Å². The summed E-state index contributed by atoms with van der Waals surface area (Å²) in [5.74, 6) is -0.563. The Morgan fingerprint density at radius 1 is 1.31 bits per heavy atom. The second-order valence-electron chi connectivity index (χ2n) is 3.06. The Morgan fingerprint density at radius 2 is 1.81 bits per heavy atom. The summed E-state index contributed by atoms with van der Waals surface area (Å²) in [5, 5.41) is 9.51. The molecule has 0 rings (SSSR count). The smallest absolute Gasteiger partial charge is 0.333 e. The van der Waals surface area contributed by atoms with E-state index in [1.807, 2.05) is 0 Å². The van der Waals surface area contributed by atoms with Crippen LogP contribution in [0.4, 0.5) is 0 Å². The van der Waals surface area contributed by atoms with Crippen molar-refractivity contribution in [3.05, 3.63) is 0 Å². The monoisotopic (exact) mass is 254 g/mol. The van der Waals surface area contributed by atoms with E-state index in [4.69, 9.17) is 9.05 Å². The lowest BCUT2D eigenvalue weighted by Gasteiger charge is -2.19. The number of hydrogen-bond donors (Lipinski definition) is 1. The summed E-state index contributed by atoms with van der Waals surface area (Å²) in [4.78, 5) is 10.9. The molecule has 0 aliphatic heterocycles. The third-order valence-corrected chi connectivity index (χ3v) is 3.89. The number of esters is 1. The molecule has 96 valence electrons. The standard InChI is InChI=1S/C9H19O6P/c1-4-14-16(12,15-5-2)7-8(10)6-9(11)13-3/h8,10H,4-7H2,1-3H3. The van der Waals surface area contributed by atoms with Gasteiger partial charge in [0.1, 0.15) is 0 Å². The minimum absolute atomic E-state index is 0.205. The van der Waals surface area contributed by atoms with Gasteiger partial charge in [0.2, 0.25) is 0 Å². The Hall–Kier alpha value is -0.420. The Bertz CT molecular complexity index is 244. The van der Waals surface area contributed by atoms with Crippen LogP contribution in [0, 0.1) is 0 Å². The number of hydrogen-bond acceptors (Lipinski definition) is 6. The Labute approximate surface area is 95.4 Å². The van der Waals surface area contributed by atoms with Gasteiger partial charge < -0.3 is 18.9 Å². The topological polar surface area (TPSA) is 82.1 Å². The summed E-state index contributed by atoms with van der Waals surface area (Å²) in [7, 11) is -2.08. The average molecular weight is 254 g/mol. The second-order valence-corrected chi connectivity index (χ2v) is 5.17. The fraction of sp³-hybridized carbons (Fsp3) is 0.889. The van der Waals surface area contributed by atoms with Crippen LogP contribution in [0.25, 0.3) is 0 Å². The van der Waals surface area contributed by atoms with E-state index in [-0.39, 0.29) is 25.8 Å². The lowest BCUT2D eigenvalue weighted by Crippen LogP contribution is -2.20. The van der Waals surface area contributed by atoms with Crippen LogP contribution >= 0.6 is 7.60 Å². The summed E-state index contributed by atoms with van der Waals surface area (Å²) in [6, 6.07) is 0. The molecule has 0 aromatic rings. The predicted molar refractivity (Wildman–Crippen MR) is 58.4 cm³/mol. The minimum atomic E-state index is -3.30. The van der Waals surface area contributed by atoms with Gasteiger partial charge in [-0.2, -0.15) is 0 Å². The zero-order chi connectivity index (χ0) is 12.6. The molecule has 6 nitrogen and oxygen atoms in total. The third kappa shape index (κ3) is 6.23. The van der Waals surface area contributed by atoms with Crippen molar-refractivity contribution in [3.63, 3.8) is 0 Å². The van der Waals surface area contributed by atoms with Crippen molar-refractivity contribution in [1.29, 1.82) is 0 Å². The van der Waals surface area contributed by atoms with E-state index in [0.717, 1.165) is 0 Å². The van der Waals surface area contributed by atoms with Crippen LogP contribution in [-0.4, -0.2) is 43.7 Å². The van der Waals surface area contributed by atoms with Crippen molar-refractivity contribution in [1.82, 2.24) is 0 Å². The molecule has 1 atom stereocenters. The van der Waals surface area contributed by atoms with E-state index in [0.29, 0.717) is 0 Å². The van der Waals surface area contributed by atoms with E-state index in [2.05, 4.69) is 4.74 Å². The molecule has 16 heavy (non-hydrogen) atoms. The first-order valence-electron chi connectivity index (χ1n) is 5.10. The van der Waals surface area contributed by atoms with Gasteiger partial charge in [0, 0.05) is 0 Å². The summed E-state index contributed by atoms with van der Waals surface area (Å²) >= 11 is 0. The molecule has 0 fully saturated rings. The highest BCUT2D eigenvalue weighted by atomic mass is 31.2. The molecule has 0 aromatic heterocycles. The second kappa shape index (κ2) is 7.79. The van der Waals surface area contributed by atoms with Crippen LogP contribution in [0.1, 0.15) is 20.3 Å². The summed E-state index contributed by atoms with van der Waals surface area (Å²) < 4.78 is 26.3. The maximum atomic E-state index is 11.9. The highest BCUT2D eigenvalue weighted by Crippen LogP contribution is 2.48. The summed E-state index contributed by atoms with van der Waals surface area (Å²) in [6.45, 7) is 3.81. The molecule has 0 aromatic carbocycles. The van der Waals surface area contributed by atoms with Gasteiger partial charge in [0.25, 0.3) is 0 Å². The molecule has 0 aliphatic rings. The van der Waals surface area contributed by atoms with Gasteiger partial charge in [-0.3, -0.25) is 9.36 Å². The molecule has 7 heteroatoms. The fourth-order valence-electron chi connectivity index (χ4n) is 1.13. The predicted octanol–water partition coefficient (Wildman–Crippen LogP) is 1.18. The van der Waals surface area contributed by atoms with Crippen molar-refractivity contribution in [2.45, 2.75) is 26.4 Å². The molecular formula is C9H19O6P. The van der Waals surface area contributed by atoms with Gasteiger partial charge >= 0.3 is 13.6 Å². The maximum Gasteiger partial charge on any atom is 0.333 e. The van der Waals surface area contributed by atoms with Gasteiger partial charge in [0.15, 0.2) is 0 Å². The normalized spacial score (nSPS) is 13.5. The molecule has 0 heterocycles. The van der Waals surface area contributed by atoms with Crippen molar-refractivity contribution in [3.8, 4) is 0 Å². The molecule has 0 saturated heterocycles. The van der Waals surface area contributed by atoms with Crippen LogP contribution in [0.3, 0.4) is 0 Å². The van der Waals surface area contributed by atoms with Crippen molar-refractivity contribution >= 4 is 13.6 Å². The lowest BCUT2D eigenvalue weighted by atomic mass is 10.3. The maximum absolute atomic E-state index is 11.9. The van der Waals surface area contributed by atoms with Crippen LogP contribution in [0.15, 0.2) is 0 Å². The molecule has 0 saturated carbocycles. The van der Waals surface area contributed by atoms with Crippen molar-refractivity contribution in [2.75, 3.05) is 26.5 Å². The third-order valence-electron chi connectivity index (χ3n) is 1.72. The number of carbonyl (C=O) groups excluding carboxylic acids is 1.